The van der Waals surface area contributed by atoms with Gasteiger partial charge in [0.05, 0.1) is 13.2 Å². The summed E-state index contributed by atoms with van der Waals surface area (Å²) in [6.07, 6.45) is -0.808. The van der Waals surface area contributed by atoms with Crippen molar-refractivity contribution in [3.63, 3.8) is 0 Å². The monoisotopic (exact) mass is 583 g/mol. The normalized spacial score (nSPS) is 14.8. The van der Waals surface area contributed by atoms with E-state index in [4.69, 9.17) is 9.47 Å². The third-order valence-electron chi connectivity index (χ3n) is 6.79. The van der Waals surface area contributed by atoms with Gasteiger partial charge in [-0.15, -0.1) is 0 Å². The highest BCUT2D eigenvalue weighted by molar-refractivity contribution is 5.93. The van der Waals surface area contributed by atoms with Crippen LogP contribution < -0.4 is 16.0 Å². The molecule has 0 fully saturated rings. The fourth-order valence-electron chi connectivity index (χ4n) is 4.29. The summed E-state index contributed by atoms with van der Waals surface area (Å²) in [5, 5.41) is 19.0. The molecule has 2 aromatic carbocycles. The van der Waals surface area contributed by atoms with Crippen molar-refractivity contribution in [2.24, 2.45) is 5.92 Å². The topological polar surface area (TPSA) is 143 Å². The summed E-state index contributed by atoms with van der Waals surface area (Å²) in [6, 6.07) is 15.2. The number of methoxy groups -OCH3 is 1. The first-order valence-corrected chi connectivity index (χ1v) is 14.3. The van der Waals surface area contributed by atoms with E-state index in [1.54, 1.807) is 27.7 Å². The lowest BCUT2D eigenvalue weighted by atomic mass is 9.96. The number of carbonyl (C=O) groups is 4. The standard InChI is InChI=1S/C32H45N3O7/c1-7-21(2)26(28(37)33-24(30(39)41-6)20-23-16-12-9-13-17-23)34-29(38)27(35-31(40)42-32(3,4)5)25(36)19-18-22-14-10-8-11-15-22/h8-17,21,24-27,36H,7,18-20H2,1-6H3,(H,33,37)(H,34,38)(H,35,40)/t21-,24-,25-,26-,27-/m0/s1. The fourth-order valence-corrected chi connectivity index (χ4v) is 4.29. The lowest BCUT2D eigenvalue weighted by Gasteiger charge is -2.30. The number of carbonyl (C=O) groups excluding carboxylic acids is 4. The average molecular weight is 584 g/mol. The second-order valence-electron chi connectivity index (χ2n) is 11.4. The number of amides is 3. The highest BCUT2D eigenvalue weighted by atomic mass is 16.6. The second-order valence-corrected chi connectivity index (χ2v) is 11.4. The quantitative estimate of drug-likeness (QED) is 0.250. The molecule has 0 saturated carbocycles. The fraction of sp³-hybridized carbons (Fsp3) is 0.500. The van der Waals surface area contributed by atoms with E-state index < -0.39 is 53.7 Å². The Hall–Kier alpha value is -3.92. The number of hydrogen-bond donors (Lipinski definition) is 4. The Labute approximate surface area is 248 Å². The molecule has 0 heterocycles. The Kier molecular flexibility index (Phi) is 13.5. The van der Waals surface area contributed by atoms with Crippen LogP contribution in [0, 0.1) is 5.92 Å². The summed E-state index contributed by atoms with van der Waals surface area (Å²) >= 11 is 0. The molecule has 230 valence electrons. The molecule has 2 aromatic rings. The highest BCUT2D eigenvalue weighted by Gasteiger charge is 2.36. The number of nitrogens with one attached hydrogen (secondary N) is 3. The van der Waals surface area contributed by atoms with Crippen LogP contribution in [0.15, 0.2) is 60.7 Å². The van der Waals surface area contributed by atoms with Gasteiger partial charge in [0.25, 0.3) is 0 Å². The van der Waals surface area contributed by atoms with Gasteiger partial charge in [-0.25, -0.2) is 9.59 Å². The summed E-state index contributed by atoms with van der Waals surface area (Å²) in [7, 11) is 1.24. The Morgan fingerprint density at radius 2 is 1.38 bits per heavy atom. The zero-order valence-electron chi connectivity index (χ0n) is 25.4. The van der Waals surface area contributed by atoms with Gasteiger partial charge in [-0.2, -0.15) is 0 Å². The molecular formula is C32H45N3O7. The smallest absolute Gasteiger partial charge is 0.408 e. The molecule has 0 aliphatic rings. The summed E-state index contributed by atoms with van der Waals surface area (Å²) in [5.74, 6) is -2.30. The van der Waals surface area contributed by atoms with Gasteiger partial charge in [0.15, 0.2) is 0 Å². The van der Waals surface area contributed by atoms with Crippen LogP contribution in [0.2, 0.25) is 0 Å². The maximum absolute atomic E-state index is 13.6. The zero-order chi connectivity index (χ0) is 31.3. The molecule has 0 unspecified atom stereocenters. The Morgan fingerprint density at radius 1 is 0.833 bits per heavy atom. The van der Waals surface area contributed by atoms with Crippen molar-refractivity contribution < 1.29 is 33.8 Å². The van der Waals surface area contributed by atoms with E-state index in [9.17, 15) is 24.3 Å². The molecule has 0 aromatic heterocycles. The SMILES string of the molecule is CC[C@H](C)[C@H](NC(=O)[C@@H](NC(=O)OC(C)(C)C)[C@@H](O)CCc1ccccc1)C(=O)N[C@@H](Cc1ccccc1)C(=O)OC. The van der Waals surface area contributed by atoms with Crippen molar-refractivity contribution in [2.45, 2.75) is 90.1 Å². The van der Waals surface area contributed by atoms with Crippen molar-refractivity contribution in [3.8, 4) is 0 Å². The van der Waals surface area contributed by atoms with Crippen LogP contribution in [-0.4, -0.2) is 65.9 Å². The molecule has 0 spiro atoms. The van der Waals surface area contributed by atoms with Crippen molar-refractivity contribution in [1.82, 2.24) is 16.0 Å². The van der Waals surface area contributed by atoms with Gasteiger partial charge >= 0.3 is 12.1 Å². The molecule has 42 heavy (non-hydrogen) atoms. The van der Waals surface area contributed by atoms with Crippen molar-refractivity contribution >= 4 is 23.9 Å². The number of alkyl carbamates (subject to hydrolysis) is 1. The van der Waals surface area contributed by atoms with Crippen LogP contribution in [0.5, 0.6) is 0 Å². The van der Waals surface area contributed by atoms with Gasteiger partial charge < -0.3 is 30.5 Å². The first-order valence-electron chi connectivity index (χ1n) is 14.3. The molecule has 0 bridgehead atoms. The van der Waals surface area contributed by atoms with Crippen LogP contribution in [0.3, 0.4) is 0 Å². The van der Waals surface area contributed by atoms with E-state index >= 15 is 0 Å². The molecule has 5 atom stereocenters. The number of hydrogen-bond acceptors (Lipinski definition) is 7. The first kappa shape index (κ1) is 34.3. The number of esters is 1. The summed E-state index contributed by atoms with van der Waals surface area (Å²) in [5.41, 5.74) is 0.943. The molecule has 10 heteroatoms. The van der Waals surface area contributed by atoms with Gasteiger partial charge in [0.2, 0.25) is 11.8 Å². The lowest BCUT2D eigenvalue weighted by Crippen LogP contribution is -2.60. The maximum Gasteiger partial charge on any atom is 0.408 e. The van der Waals surface area contributed by atoms with E-state index in [1.807, 2.05) is 67.6 Å². The van der Waals surface area contributed by atoms with Gasteiger partial charge in [-0.1, -0.05) is 80.9 Å². The van der Waals surface area contributed by atoms with Gasteiger partial charge in [-0.3, -0.25) is 9.59 Å². The molecule has 3 amide bonds. The van der Waals surface area contributed by atoms with Crippen molar-refractivity contribution in [2.75, 3.05) is 7.11 Å². The van der Waals surface area contributed by atoms with Gasteiger partial charge in [-0.05, 0) is 50.7 Å². The number of aliphatic hydroxyl groups is 1. The molecule has 4 N–H and O–H groups in total. The lowest BCUT2D eigenvalue weighted by molar-refractivity contribution is -0.145. The van der Waals surface area contributed by atoms with Crippen molar-refractivity contribution in [1.29, 1.82) is 0 Å². The number of aliphatic hydroxyl groups excluding tert-OH is 1. The van der Waals surface area contributed by atoms with Crippen molar-refractivity contribution in [3.05, 3.63) is 71.8 Å². The molecule has 0 aliphatic heterocycles. The third kappa shape index (κ3) is 11.5. The largest absolute Gasteiger partial charge is 0.467 e. The van der Waals surface area contributed by atoms with E-state index in [0.29, 0.717) is 12.8 Å². The van der Waals surface area contributed by atoms with Crippen LogP contribution in [0.25, 0.3) is 0 Å². The zero-order valence-corrected chi connectivity index (χ0v) is 25.4. The number of ether oxygens (including phenoxy) is 2. The van der Waals surface area contributed by atoms with Crippen LogP contribution in [-0.2, 0) is 36.7 Å². The number of aryl methyl sites for hydroxylation is 1. The molecule has 10 nitrogen and oxygen atoms in total. The van der Waals surface area contributed by atoms with E-state index in [0.717, 1.165) is 11.1 Å². The minimum atomic E-state index is -1.40. The van der Waals surface area contributed by atoms with Crippen LogP contribution in [0.1, 0.15) is 58.6 Å². The highest BCUT2D eigenvalue weighted by Crippen LogP contribution is 2.14. The Balaban J connectivity index is 2.25. The maximum atomic E-state index is 13.6. The minimum Gasteiger partial charge on any atom is -0.467 e. The van der Waals surface area contributed by atoms with E-state index in [2.05, 4.69) is 16.0 Å². The summed E-state index contributed by atoms with van der Waals surface area (Å²) < 4.78 is 10.2. The van der Waals surface area contributed by atoms with Crippen LogP contribution >= 0.6 is 0 Å². The average Bonchev–Trinajstić information content (AvgIpc) is 2.96. The number of benzene rings is 2. The predicted octanol–water partition coefficient (Wildman–Crippen LogP) is 3.30. The second kappa shape index (κ2) is 16.5. The van der Waals surface area contributed by atoms with Gasteiger partial charge in [0.1, 0.15) is 23.7 Å². The molecule has 0 saturated heterocycles. The van der Waals surface area contributed by atoms with E-state index in [1.165, 1.54) is 7.11 Å². The predicted molar refractivity (Wildman–Crippen MR) is 159 cm³/mol. The number of rotatable bonds is 14. The molecule has 0 radical (unpaired) electrons. The third-order valence-corrected chi connectivity index (χ3v) is 6.79. The summed E-state index contributed by atoms with van der Waals surface area (Å²) in [4.78, 5) is 52.3. The summed E-state index contributed by atoms with van der Waals surface area (Å²) in [6.45, 7) is 8.71. The minimum absolute atomic E-state index is 0.166. The van der Waals surface area contributed by atoms with Gasteiger partial charge in [0, 0.05) is 6.42 Å². The molecular weight excluding hydrogens is 538 g/mol. The Bertz CT molecular complexity index is 1150. The Morgan fingerprint density at radius 3 is 1.90 bits per heavy atom. The first-order chi connectivity index (χ1) is 19.8. The molecule has 2 rings (SSSR count). The molecule has 0 aliphatic carbocycles. The van der Waals surface area contributed by atoms with E-state index in [-0.39, 0.29) is 18.8 Å². The van der Waals surface area contributed by atoms with Crippen LogP contribution in [0.4, 0.5) is 4.79 Å².